The van der Waals surface area contributed by atoms with Crippen LogP contribution in [0.25, 0.3) is 6.08 Å². The van der Waals surface area contributed by atoms with Crippen LogP contribution in [-0.4, -0.2) is 28.9 Å². The molecule has 1 aromatic carbocycles. The van der Waals surface area contributed by atoms with Crippen molar-refractivity contribution in [2.75, 3.05) is 18.5 Å². The number of esters is 1. The zero-order valence-electron chi connectivity index (χ0n) is 12.2. The van der Waals surface area contributed by atoms with Crippen LogP contribution in [0.3, 0.4) is 0 Å². The number of ether oxygens (including phenoxy) is 1. The molecule has 0 saturated heterocycles. The van der Waals surface area contributed by atoms with Crippen molar-refractivity contribution in [2.45, 2.75) is 13.5 Å². The summed E-state index contributed by atoms with van der Waals surface area (Å²) in [6.45, 7) is 2.91. The van der Waals surface area contributed by atoms with Gasteiger partial charge in [-0.15, -0.1) is 0 Å². The van der Waals surface area contributed by atoms with E-state index in [0.717, 1.165) is 0 Å². The maximum absolute atomic E-state index is 13.8. The van der Waals surface area contributed by atoms with E-state index in [9.17, 15) is 9.18 Å². The number of carbonyl (C=O) groups excluding carboxylic acids is 1. The molecule has 0 fully saturated rings. The number of hydrogen-bond donors (Lipinski definition) is 1. The first-order valence-corrected chi connectivity index (χ1v) is 7.12. The van der Waals surface area contributed by atoms with Gasteiger partial charge >= 0.3 is 5.97 Å². The fourth-order valence-electron chi connectivity index (χ4n) is 2.41. The Morgan fingerprint density at radius 1 is 1.45 bits per heavy atom. The summed E-state index contributed by atoms with van der Waals surface area (Å²) in [6.07, 6.45) is 3.74. The molecule has 6 heteroatoms. The molecule has 2 heterocycles. The minimum absolute atomic E-state index is 0.245. The predicted octanol–water partition coefficient (Wildman–Crippen LogP) is 2.69. The molecule has 5 nitrogen and oxygen atoms in total. The molecule has 22 heavy (non-hydrogen) atoms. The van der Waals surface area contributed by atoms with Crippen LogP contribution in [-0.2, 0) is 11.3 Å². The molecule has 114 valence electrons. The summed E-state index contributed by atoms with van der Waals surface area (Å²) >= 11 is 0. The molecule has 2 aromatic rings. The van der Waals surface area contributed by atoms with Crippen molar-refractivity contribution >= 4 is 17.9 Å². The average Bonchev–Trinajstić information content (AvgIpc) is 2.89. The van der Waals surface area contributed by atoms with E-state index in [4.69, 9.17) is 4.74 Å². The van der Waals surface area contributed by atoms with E-state index in [2.05, 4.69) is 10.4 Å². The first-order valence-electron chi connectivity index (χ1n) is 7.12. The van der Waals surface area contributed by atoms with Crippen LogP contribution in [0.1, 0.15) is 28.5 Å². The summed E-state index contributed by atoms with van der Waals surface area (Å²) in [7, 11) is 0. The molecule has 1 N–H and O–H groups in total. The second kappa shape index (κ2) is 6.01. The Bertz CT molecular complexity index is 737. The second-order valence-corrected chi connectivity index (χ2v) is 4.86. The summed E-state index contributed by atoms with van der Waals surface area (Å²) in [4.78, 5) is 12.0. The predicted molar refractivity (Wildman–Crippen MR) is 81.2 cm³/mol. The lowest BCUT2D eigenvalue weighted by Gasteiger charge is -2.12. The van der Waals surface area contributed by atoms with Gasteiger partial charge in [-0.2, -0.15) is 5.10 Å². The number of nitrogens with one attached hydrogen (secondary N) is 1. The summed E-state index contributed by atoms with van der Waals surface area (Å²) in [5.74, 6) is -0.0658. The smallest absolute Gasteiger partial charge is 0.359 e. The summed E-state index contributed by atoms with van der Waals surface area (Å²) in [6, 6.07) is 6.52. The van der Waals surface area contributed by atoms with Crippen molar-refractivity contribution in [3.63, 3.8) is 0 Å². The summed E-state index contributed by atoms with van der Waals surface area (Å²) < 4.78 is 20.5. The number of carbonyl (C=O) groups is 1. The third-order valence-electron chi connectivity index (χ3n) is 3.41. The Kier molecular flexibility index (Phi) is 3.91. The Balaban J connectivity index is 2.00. The molecule has 0 unspecified atom stereocenters. The van der Waals surface area contributed by atoms with Gasteiger partial charge < -0.3 is 10.1 Å². The lowest BCUT2D eigenvalue weighted by molar-refractivity contribution is 0.0518. The van der Waals surface area contributed by atoms with E-state index < -0.39 is 5.97 Å². The van der Waals surface area contributed by atoms with Gasteiger partial charge in [0.1, 0.15) is 11.6 Å². The van der Waals surface area contributed by atoms with Crippen molar-refractivity contribution in [2.24, 2.45) is 0 Å². The molecule has 0 atom stereocenters. The Labute approximate surface area is 127 Å². The second-order valence-electron chi connectivity index (χ2n) is 4.86. The molecule has 0 bridgehead atoms. The van der Waals surface area contributed by atoms with E-state index in [0.29, 0.717) is 23.5 Å². The lowest BCUT2D eigenvalue weighted by Crippen LogP contribution is -2.12. The van der Waals surface area contributed by atoms with Gasteiger partial charge in [-0.3, -0.25) is 0 Å². The van der Waals surface area contributed by atoms with Crippen LogP contribution in [0.2, 0.25) is 0 Å². The number of halogens is 1. The van der Waals surface area contributed by atoms with Crippen LogP contribution < -0.4 is 5.32 Å². The van der Waals surface area contributed by atoms with Crippen LogP contribution in [0.4, 0.5) is 10.2 Å². The maximum atomic E-state index is 13.8. The van der Waals surface area contributed by atoms with Crippen molar-refractivity contribution in [3.8, 4) is 0 Å². The third kappa shape index (κ3) is 2.59. The molecule has 0 amide bonds. The molecular formula is C16H16FN3O2. The van der Waals surface area contributed by atoms with Crippen molar-refractivity contribution in [1.29, 1.82) is 0 Å². The summed E-state index contributed by atoms with van der Waals surface area (Å²) in [5.41, 5.74) is 1.44. The van der Waals surface area contributed by atoms with E-state index >= 15 is 0 Å². The van der Waals surface area contributed by atoms with E-state index in [1.807, 2.05) is 12.2 Å². The van der Waals surface area contributed by atoms with Gasteiger partial charge in [-0.1, -0.05) is 30.4 Å². The van der Waals surface area contributed by atoms with Gasteiger partial charge in [-0.05, 0) is 13.0 Å². The fourth-order valence-corrected chi connectivity index (χ4v) is 2.41. The number of nitrogens with zero attached hydrogens (tertiary/aromatic N) is 2. The average molecular weight is 301 g/mol. The van der Waals surface area contributed by atoms with Gasteiger partial charge in [0.15, 0.2) is 5.69 Å². The Hall–Kier alpha value is -2.63. The van der Waals surface area contributed by atoms with Gasteiger partial charge in [-0.25, -0.2) is 13.9 Å². The topological polar surface area (TPSA) is 56.1 Å². The zero-order valence-corrected chi connectivity index (χ0v) is 12.2. The highest BCUT2D eigenvalue weighted by Crippen LogP contribution is 2.26. The normalized spacial score (nSPS) is 12.6. The molecule has 1 aliphatic rings. The van der Waals surface area contributed by atoms with Crippen LogP contribution in [0.15, 0.2) is 30.3 Å². The van der Waals surface area contributed by atoms with Crippen molar-refractivity contribution < 1.29 is 13.9 Å². The van der Waals surface area contributed by atoms with Crippen molar-refractivity contribution in [3.05, 3.63) is 53.0 Å². The number of fused-ring (bicyclic) bond motifs is 1. The Morgan fingerprint density at radius 3 is 3.05 bits per heavy atom. The molecule has 1 aliphatic heterocycles. The molecule has 0 aliphatic carbocycles. The highest BCUT2D eigenvalue weighted by atomic mass is 19.1. The van der Waals surface area contributed by atoms with E-state index in [1.54, 1.807) is 29.8 Å². The lowest BCUT2D eigenvalue weighted by atomic mass is 10.1. The third-order valence-corrected chi connectivity index (χ3v) is 3.41. The number of aromatic nitrogens is 2. The number of rotatable bonds is 4. The number of hydrogen-bond acceptors (Lipinski definition) is 4. The van der Waals surface area contributed by atoms with Crippen LogP contribution in [0.5, 0.6) is 0 Å². The minimum atomic E-state index is -0.473. The highest BCUT2D eigenvalue weighted by Gasteiger charge is 2.24. The van der Waals surface area contributed by atoms with E-state index in [-0.39, 0.29) is 24.7 Å². The molecule has 0 radical (unpaired) electrons. The standard InChI is InChI=1S/C16H16FN3O2/c1-2-22-16(21)14-12-7-5-9-18-15(12)20(19-14)10-11-6-3-4-8-13(11)17/h3-8,18H,2,9-10H2,1H3. The van der Waals surface area contributed by atoms with Crippen LogP contribution in [0, 0.1) is 5.82 Å². The van der Waals surface area contributed by atoms with Gasteiger partial charge in [0.05, 0.1) is 18.7 Å². The van der Waals surface area contributed by atoms with Gasteiger partial charge in [0.25, 0.3) is 0 Å². The number of anilines is 1. The monoisotopic (exact) mass is 301 g/mol. The first kappa shape index (κ1) is 14.3. The van der Waals surface area contributed by atoms with Crippen LogP contribution >= 0.6 is 0 Å². The maximum Gasteiger partial charge on any atom is 0.359 e. The summed E-state index contributed by atoms with van der Waals surface area (Å²) in [5, 5.41) is 7.48. The Morgan fingerprint density at radius 2 is 2.27 bits per heavy atom. The molecule has 0 saturated carbocycles. The van der Waals surface area contributed by atoms with Gasteiger partial charge in [0.2, 0.25) is 0 Å². The molecule has 1 aromatic heterocycles. The number of benzene rings is 1. The van der Waals surface area contributed by atoms with E-state index in [1.165, 1.54) is 6.07 Å². The molecule has 0 spiro atoms. The molecular weight excluding hydrogens is 285 g/mol. The first-order chi connectivity index (χ1) is 10.7. The minimum Gasteiger partial charge on any atom is -0.461 e. The van der Waals surface area contributed by atoms with Gasteiger partial charge in [0, 0.05) is 12.1 Å². The van der Waals surface area contributed by atoms with Crippen molar-refractivity contribution in [1.82, 2.24) is 9.78 Å². The quantitative estimate of drug-likeness (QED) is 0.882. The zero-order chi connectivity index (χ0) is 15.5. The fraction of sp³-hybridized carbons (Fsp3) is 0.250. The SMILES string of the molecule is CCOC(=O)c1nn(Cc2ccccc2F)c2c1C=CCN2. The largest absolute Gasteiger partial charge is 0.461 e. The molecule has 3 rings (SSSR count). The highest BCUT2D eigenvalue weighted by molar-refractivity contribution is 5.94.